The molecular weight excluding hydrogens is 280 g/mol. The monoisotopic (exact) mass is 306 g/mol. The zero-order valence-corrected chi connectivity index (χ0v) is 13.7. The van der Waals surface area contributed by atoms with E-state index in [0.717, 1.165) is 25.7 Å². The molecule has 1 aromatic rings. The Morgan fingerprint density at radius 3 is 2.27 bits per heavy atom. The molecule has 0 aliphatic heterocycles. The summed E-state index contributed by atoms with van der Waals surface area (Å²) in [6.07, 6.45) is 4.14. The number of hydrogen-bond acceptors (Lipinski definition) is 4. The van der Waals surface area contributed by atoms with Crippen molar-refractivity contribution in [3.63, 3.8) is 0 Å². The van der Waals surface area contributed by atoms with Crippen molar-refractivity contribution in [1.82, 2.24) is 0 Å². The lowest BCUT2D eigenvalue weighted by Gasteiger charge is -2.29. The molecular formula is C18H26O4. The molecule has 0 spiro atoms. The van der Waals surface area contributed by atoms with Crippen molar-refractivity contribution in [1.29, 1.82) is 0 Å². The second kappa shape index (κ2) is 7.14. The number of aromatic hydroxyl groups is 1. The van der Waals surface area contributed by atoms with Gasteiger partial charge in [0.15, 0.2) is 0 Å². The van der Waals surface area contributed by atoms with Crippen LogP contribution in [-0.4, -0.2) is 29.4 Å². The zero-order valence-electron chi connectivity index (χ0n) is 13.7. The van der Waals surface area contributed by atoms with Gasteiger partial charge < -0.3 is 14.6 Å². The molecule has 22 heavy (non-hydrogen) atoms. The summed E-state index contributed by atoms with van der Waals surface area (Å²) < 4.78 is 10.9. The highest BCUT2D eigenvalue weighted by molar-refractivity contribution is 5.71. The Hall–Kier alpha value is -1.55. The summed E-state index contributed by atoms with van der Waals surface area (Å²) in [6, 6.07) is 7.45. The largest absolute Gasteiger partial charge is 0.508 e. The third-order valence-electron chi connectivity index (χ3n) is 3.90. The third-order valence-corrected chi connectivity index (χ3v) is 3.90. The number of phenolic OH excluding ortho intramolecular Hbond substituents is 1. The van der Waals surface area contributed by atoms with Gasteiger partial charge in [0.25, 0.3) is 0 Å². The molecule has 0 amide bonds. The number of hydrogen-bond donors (Lipinski definition) is 1. The van der Waals surface area contributed by atoms with Crippen molar-refractivity contribution in [3.8, 4) is 5.75 Å². The van der Waals surface area contributed by atoms with E-state index in [0.29, 0.717) is 11.7 Å². The highest BCUT2D eigenvalue weighted by atomic mass is 16.6. The van der Waals surface area contributed by atoms with Crippen LogP contribution in [0.4, 0.5) is 0 Å². The average Bonchev–Trinajstić information content (AvgIpc) is 2.45. The van der Waals surface area contributed by atoms with Gasteiger partial charge in [0, 0.05) is 0 Å². The number of carbonyl (C=O) groups is 1. The molecule has 1 aliphatic carbocycles. The quantitative estimate of drug-likeness (QED) is 0.860. The van der Waals surface area contributed by atoms with Gasteiger partial charge >= 0.3 is 5.97 Å². The molecule has 122 valence electrons. The molecule has 0 atom stereocenters. The molecule has 1 saturated carbocycles. The van der Waals surface area contributed by atoms with E-state index in [9.17, 15) is 9.90 Å². The summed E-state index contributed by atoms with van der Waals surface area (Å²) in [5.41, 5.74) is 0.806. The van der Waals surface area contributed by atoms with E-state index >= 15 is 0 Å². The van der Waals surface area contributed by atoms with Crippen molar-refractivity contribution < 1.29 is 19.4 Å². The average molecular weight is 306 g/mol. The number of carbonyl (C=O) groups excluding carboxylic acids is 1. The summed E-state index contributed by atoms with van der Waals surface area (Å²) >= 11 is 0. The van der Waals surface area contributed by atoms with E-state index in [1.165, 1.54) is 5.56 Å². The van der Waals surface area contributed by atoms with Gasteiger partial charge in [-0.05, 0) is 70.1 Å². The molecule has 0 heterocycles. The molecule has 1 N–H and O–H groups in total. The summed E-state index contributed by atoms with van der Waals surface area (Å²) in [5, 5.41) is 9.34. The fourth-order valence-electron chi connectivity index (χ4n) is 2.87. The molecule has 1 aromatic carbocycles. The third kappa shape index (κ3) is 5.34. The lowest BCUT2D eigenvalue weighted by Crippen LogP contribution is -2.29. The van der Waals surface area contributed by atoms with Crippen molar-refractivity contribution in [2.45, 2.75) is 64.1 Å². The predicted molar refractivity (Wildman–Crippen MR) is 84.9 cm³/mol. The first-order chi connectivity index (χ1) is 10.3. The molecule has 2 rings (SSSR count). The Labute approximate surface area is 132 Å². The summed E-state index contributed by atoms with van der Waals surface area (Å²) in [6.45, 7) is 5.60. The van der Waals surface area contributed by atoms with E-state index in [1.807, 2.05) is 32.9 Å². The highest BCUT2D eigenvalue weighted by Gasteiger charge is 2.24. The summed E-state index contributed by atoms with van der Waals surface area (Å²) in [4.78, 5) is 11.6. The van der Waals surface area contributed by atoms with E-state index in [4.69, 9.17) is 9.47 Å². The Bertz CT molecular complexity index is 479. The van der Waals surface area contributed by atoms with E-state index < -0.39 is 5.60 Å². The number of esters is 1. The first kappa shape index (κ1) is 16.8. The minimum absolute atomic E-state index is 0.0335. The van der Waals surface area contributed by atoms with Crippen LogP contribution >= 0.6 is 0 Å². The Balaban J connectivity index is 1.73. The van der Waals surface area contributed by atoms with Crippen LogP contribution in [0.3, 0.4) is 0 Å². The molecule has 4 heteroatoms. The predicted octanol–water partition coefficient (Wildman–Crippen LogP) is 3.78. The number of ether oxygens (including phenoxy) is 2. The van der Waals surface area contributed by atoms with Gasteiger partial charge in [-0.3, -0.25) is 0 Å². The normalized spacial score (nSPS) is 22.3. The van der Waals surface area contributed by atoms with E-state index in [2.05, 4.69) is 0 Å². The number of benzene rings is 1. The molecule has 0 bridgehead atoms. The SMILES string of the molecule is CC(C)(C)OC(=O)CO[C@H]1CC[C@H](c2ccc(O)cc2)CC1. The van der Waals surface area contributed by atoms with Crippen LogP contribution in [0.25, 0.3) is 0 Å². The maximum Gasteiger partial charge on any atom is 0.332 e. The van der Waals surface area contributed by atoms with Crippen LogP contribution in [0.15, 0.2) is 24.3 Å². The van der Waals surface area contributed by atoms with Crippen LogP contribution in [-0.2, 0) is 14.3 Å². The van der Waals surface area contributed by atoms with Crippen molar-refractivity contribution >= 4 is 5.97 Å². The lowest BCUT2D eigenvalue weighted by atomic mass is 9.83. The van der Waals surface area contributed by atoms with E-state index in [1.54, 1.807) is 12.1 Å². The second-order valence-electron chi connectivity index (χ2n) is 6.96. The molecule has 0 unspecified atom stereocenters. The van der Waals surface area contributed by atoms with Crippen molar-refractivity contribution in [2.75, 3.05) is 6.61 Å². The summed E-state index contributed by atoms with van der Waals surface area (Å²) in [5.74, 6) is 0.522. The van der Waals surface area contributed by atoms with Gasteiger partial charge in [-0.25, -0.2) is 4.79 Å². The lowest BCUT2D eigenvalue weighted by molar-refractivity contribution is -0.162. The minimum Gasteiger partial charge on any atom is -0.508 e. The van der Waals surface area contributed by atoms with Crippen LogP contribution in [0, 0.1) is 0 Å². The minimum atomic E-state index is -0.461. The zero-order chi connectivity index (χ0) is 16.2. The van der Waals surface area contributed by atoms with Gasteiger partial charge in [0.05, 0.1) is 6.10 Å². The number of rotatable bonds is 4. The summed E-state index contributed by atoms with van der Waals surface area (Å²) in [7, 11) is 0. The van der Waals surface area contributed by atoms with Crippen LogP contribution in [0.2, 0.25) is 0 Å². The Morgan fingerprint density at radius 1 is 1.14 bits per heavy atom. The molecule has 0 aromatic heterocycles. The second-order valence-corrected chi connectivity index (χ2v) is 6.96. The van der Waals surface area contributed by atoms with Crippen molar-refractivity contribution in [3.05, 3.63) is 29.8 Å². The van der Waals surface area contributed by atoms with E-state index in [-0.39, 0.29) is 18.7 Å². The van der Waals surface area contributed by atoms with Crippen molar-refractivity contribution in [2.24, 2.45) is 0 Å². The Kier molecular flexibility index (Phi) is 5.46. The van der Waals surface area contributed by atoms with Crippen LogP contribution in [0.5, 0.6) is 5.75 Å². The van der Waals surface area contributed by atoms with Crippen LogP contribution < -0.4 is 0 Å². The van der Waals surface area contributed by atoms with Crippen LogP contribution in [0.1, 0.15) is 57.9 Å². The van der Waals surface area contributed by atoms with Gasteiger partial charge in [-0.2, -0.15) is 0 Å². The first-order valence-electron chi connectivity index (χ1n) is 7.96. The molecule has 0 radical (unpaired) electrons. The van der Waals surface area contributed by atoms with Gasteiger partial charge in [0.2, 0.25) is 0 Å². The van der Waals surface area contributed by atoms with Gasteiger partial charge in [0.1, 0.15) is 18.0 Å². The standard InChI is InChI=1S/C18H26O4/c1-18(2,3)22-17(20)12-21-16-10-6-14(7-11-16)13-4-8-15(19)9-5-13/h4-5,8-9,14,16,19H,6-7,10-12H2,1-3H3/t14-,16-. The maximum atomic E-state index is 11.6. The topological polar surface area (TPSA) is 55.8 Å². The Morgan fingerprint density at radius 2 is 1.73 bits per heavy atom. The fraction of sp³-hybridized carbons (Fsp3) is 0.611. The molecule has 1 fully saturated rings. The fourth-order valence-corrected chi connectivity index (χ4v) is 2.87. The van der Waals surface area contributed by atoms with Gasteiger partial charge in [-0.15, -0.1) is 0 Å². The van der Waals surface area contributed by atoms with Gasteiger partial charge in [-0.1, -0.05) is 12.1 Å². The molecule has 1 aliphatic rings. The first-order valence-corrected chi connectivity index (χ1v) is 7.96. The molecule has 4 nitrogen and oxygen atoms in total. The maximum absolute atomic E-state index is 11.6. The smallest absolute Gasteiger partial charge is 0.332 e. The highest BCUT2D eigenvalue weighted by Crippen LogP contribution is 2.34. The molecule has 0 saturated heterocycles. The number of phenols is 1.